The average Bonchev–Trinajstić information content (AvgIpc) is 2.68. The molecule has 1 fully saturated rings. The van der Waals surface area contributed by atoms with E-state index in [0.717, 1.165) is 19.5 Å². The minimum atomic E-state index is -4.57. The summed E-state index contributed by atoms with van der Waals surface area (Å²) in [6.45, 7) is 1.60. The zero-order chi connectivity index (χ0) is 12.5. The molecule has 1 aromatic rings. The average molecular weight is 247 g/mol. The van der Waals surface area contributed by atoms with Gasteiger partial charge in [0.05, 0.1) is 0 Å². The lowest BCUT2D eigenvalue weighted by molar-refractivity contribution is -0.141. The quantitative estimate of drug-likeness (QED) is 0.817. The van der Waals surface area contributed by atoms with Gasteiger partial charge in [-0.3, -0.25) is 4.79 Å². The summed E-state index contributed by atoms with van der Waals surface area (Å²) < 4.78 is 37.3. The molecule has 1 aliphatic rings. The van der Waals surface area contributed by atoms with Gasteiger partial charge in [-0.25, -0.2) is 4.98 Å². The van der Waals surface area contributed by atoms with Crippen LogP contribution in [0.25, 0.3) is 0 Å². The molecule has 1 unspecified atom stereocenters. The monoisotopic (exact) mass is 247 g/mol. The third-order valence-corrected chi connectivity index (χ3v) is 2.73. The van der Waals surface area contributed by atoms with Crippen molar-refractivity contribution in [2.24, 2.45) is 5.92 Å². The van der Waals surface area contributed by atoms with Crippen molar-refractivity contribution in [3.8, 4) is 0 Å². The van der Waals surface area contributed by atoms with E-state index in [4.69, 9.17) is 0 Å². The second-order valence-corrected chi connectivity index (χ2v) is 4.14. The first-order valence-corrected chi connectivity index (χ1v) is 5.33. The predicted molar refractivity (Wildman–Crippen MR) is 54.5 cm³/mol. The van der Waals surface area contributed by atoms with Gasteiger partial charge in [0.25, 0.3) is 5.56 Å². The van der Waals surface area contributed by atoms with Crippen molar-refractivity contribution in [3.63, 3.8) is 0 Å². The van der Waals surface area contributed by atoms with Crippen molar-refractivity contribution in [1.82, 2.24) is 15.3 Å². The maximum Gasteiger partial charge on any atom is 0.433 e. The molecule has 4 nitrogen and oxygen atoms in total. The number of H-pyrrole nitrogens is 1. The Bertz CT molecular complexity index is 449. The van der Waals surface area contributed by atoms with Gasteiger partial charge in [0.2, 0.25) is 0 Å². The molecule has 0 spiro atoms. The molecule has 94 valence electrons. The van der Waals surface area contributed by atoms with E-state index in [9.17, 15) is 18.0 Å². The molecule has 0 aromatic carbocycles. The third-order valence-electron chi connectivity index (χ3n) is 2.73. The summed E-state index contributed by atoms with van der Waals surface area (Å²) in [6.07, 6.45) is -3.32. The Morgan fingerprint density at radius 2 is 2.24 bits per heavy atom. The number of rotatable bonds is 2. The molecule has 2 N–H and O–H groups in total. The lowest BCUT2D eigenvalue weighted by Gasteiger charge is -2.10. The Balaban J connectivity index is 2.22. The highest BCUT2D eigenvalue weighted by molar-refractivity contribution is 5.07. The molecule has 0 bridgehead atoms. The molecule has 1 saturated heterocycles. The summed E-state index contributed by atoms with van der Waals surface area (Å²) in [6, 6.07) is 0.483. The SMILES string of the molecule is O=c1cc(C(F)(F)F)nc(CC2CCNC2)[nH]1. The minimum absolute atomic E-state index is 0.110. The topological polar surface area (TPSA) is 57.8 Å². The normalized spacial score (nSPS) is 20.8. The first-order chi connectivity index (χ1) is 7.95. The zero-order valence-corrected chi connectivity index (χ0v) is 8.97. The van der Waals surface area contributed by atoms with Crippen LogP contribution in [0.4, 0.5) is 13.2 Å². The van der Waals surface area contributed by atoms with E-state index in [2.05, 4.69) is 15.3 Å². The fraction of sp³-hybridized carbons (Fsp3) is 0.600. The Morgan fingerprint density at radius 1 is 1.47 bits per heavy atom. The Morgan fingerprint density at radius 3 is 2.82 bits per heavy atom. The first-order valence-electron chi connectivity index (χ1n) is 5.33. The van der Waals surface area contributed by atoms with E-state index in [-0.39, 0.29) is 11.7 Å². The summed E-state index contributed by atoms with van der Waals surface area (Å²) in [5, 5.41) is 3.11. The molecular weight excluding hydrogens is 235 g/mol. The smallest absolute Gasteiger partial charge is 0.316 e. The highest BCUT2D eigenvalue weighted by Crippen LogP contribution is 2.26. The van der Waals surface area contributed by atoms with Crippen molar-refractivity contribution < 1.29 is 13.2 Å². The van der Waals surface area contributed by atoms with Crippen LogP contribution in [0.2, 0.25) is 0 Å². The predicted octanol–water partition coefficient (Wildman–Crippen LogP) is 0.941. The van der Waals surface area contributed by atoms with Crippen molar-refractivity contribution in [3.05, 3.63) is 27.9 Å². The van der Waals surface area contributed by atoms with Gasteiger partial charge in [-0.2, -0.15) is 13.2 Å². The van der Waals surface area contributed by atoms with Crippen LogP contribution >= 0.6 is 0 Å². The van der Waals surface area contributed by atoms with Crippen LogP contribution < -0.4 is 10.9 Å². The number of hydrogen-bond donors (Lipinski definition) is 2. The number of nitrogens with zero attached hydrogens (tertiary/aromatic N) is 1. The number of aromatic nitrogens is 2. The van der Waals surface area contributed by atoms with Crippen LogP contribution in [0.5, 0.6) is 0 Å². The van der Waals surface area contributed by atoms with Crippen LogP contribution in [0.3, 0.4) is 0 Å². The Hall–Kier alpha value is -1.37. The second-order valence-electron chi connectivity index (χ2n) is 4.14. The molecule has 7 heteroatoms. The van der Waals surface area contributed by atoms with Gasteiger partial charge in [-0.1, -0.05) is 0 Å². The molecule has 17 heavy (non-hydrogen) atoms. The molecule has 0 amide bonds. The molecule has 1 aromatic heterocycles. The summed E-state index contributed by atoms with van der Waals surface area (Å²) >= 11 is 0. The van der Waals surface area contributed by atoms with Crippen molar-refractivity contribution in [1.29, 1.82) is 0 Å². The fourth-order valence-corrected chi connectivity index (χ4v) is 1.91. The highest BCUT2D eigenvalue weighted by Gasteiger charge is 2.33. The third kappa shape index (κ3) is 3.06. The summed E-state index contributed by atoms with van der Waals surface area (Å²) in [5.41, 5.74) is -1.88. The zero-order valence-electron chi connectivity index (χ0n) is 8.97. The van der Waals surface area contributed by atoms with Crippen LogP contribution in [0.1, 0.15) is 17.9 Å². The van der Waals surface area contributed by atoms with E-state index in [1.165, 1.54) is 0 Å². The molecular formula is C10H12F3N3O. The molecule has 2 heterocycles. The summed E-state index contributed by atoms with van der Waals surface area (Å²) in [4.78, 5) is 16.9. The second kappa shape index (κ2) is 4.48. The van der Waals surface area contributed by atoms with Gasteiger partial charge in [0.15, 0.2) is 5.69 Å². The lowest BCUT2D eigenvalue weighted by Crippen LogP contribution is -2.20. The first kappa shape index (κ1) is 12.1. The summed E-state index contributed by atoms with van der Waals surface area (Å²) in [7, 11) is 0. The highest BCUT2D eigenvalue weighted by atomic mass is 19.4. The fourth-order valence-electron chi connectivity index (χ4n) is 1.91. The van der Waals surface area contributed by atoms with Crippen LogP contribution in [-0.2, 0) is 12.6 Å². The molecule has 1 aliphatic heterocycles. The van der Waals surface area contributed by atoms with Crippen molar-refractivity contribution >= 4 is 0 Å². The van der Waals surface area contributed by atoms with E-state index >= 15 is 0 Å². The maximum absolute atomic E-state index is 12.4. The minimum Gasteiger partial charge on any atom is -0.316 e. The van der Waals surface area contributed by atoms with Crippen LogP contribution in [0, 0.1) is 5.92 Å². The molecule has 0 radical (unpaired) electrons. The number of alkyl halides is 3. The van der Waals surface area contributed by atoms with Gasteiger partial charge in [-0.05, 0) is 25.4 Å². The number of halogens is 3. The number of hydrogen-bond acceptors (Lipinski definition) is 3. The molecule has 0 aliphatic carbocycles. The van der Waals surface area contributed by atoms with E-state index in [1.54, 1.807) is 0 Å². The molecule has 2 rings (SSSR count). The van der Waals surface area contributed by atoms with Crippen molar-refractivity contribution in [2.45, 2.75) is 19.0 Å². The van der Waals surface area contributed by atoms with Crippen LogP contribution in [0.15, 0.2) is 10.9 Å². The lowest BCUT2D eigenvalue weighted by atomic mass is 10.0. The van der Waals surface area contributed by atoms with Gasteiger partial charge >= 0.3 is 6.18 Å². The van der Waals surface area contributed by atoms with E-state index in [1.807, 2.05) is 0 Å². The molecule has 1 atom stereocenters. The van der Waals surface area contributed by atoms with Gasteiger partial charge < -0.3 is 10.3 Å². The maximum atomic E-state index is 12.4. The summed E-state index contributed by atoms with van der Waals surface area (Å²) in [5.74, 6) is 0.347. The Kier molecular flexibility index (Phi) is 3.19. The molecule has 0 saturated carbocycles. The number of aromatic amines is 1. The van der Waals surface area contributed by atoms with E-state index in [0.29, 0.717) is 12.5 Å². The Labute approximate surface area is 95.3 Å². The van der Waals surface area contributed by atoms with Gasteiger partial charge in [0.1, 0.15) is 5.82 Å². The van der Waals surface area contributed by atoms with Gasteiger partial charge in [-0.15, -0.1) is 0 Å². The van der Waals surface area contributed by atoms with Crippen molar-refractivity contribution in [2.75, 3.05) is 13.1 Å². The number of nitrogens with one attached hydrogen (secondary N) is 2. The largest absolute Gasteiger partial charge is 0.433 e. The van der Waals surface area contributed by atoms with E-state index < -0.39 is 17.4 Å². The standard InChI is InChI=1S/C10H12F3N3O/c11-10(12,13)7-4-9(17)16-8(15-7)3-6-1-2-14-5-6/h4,6,14H,1-3,5H2,(H,15,16,17). The van der Waals surface area contributed by atoms with Crippen LogP contribution in [-0.4, -0.2) is 23.1 Å². The van der Waals surface area contributed by atoms with Gasteiger partial charge in [0, 0.05) is 12.5 Å².